The number of carbonyl (C=O) groups excluding carboxylic acids is 1. The lowest BCUT2D eigenvalue weighted by Crippen LogP contribution is -2.30. The minimum absolute atomic E-state index is 0.0564. The first kappa shape index (κ1) is 19.7. The number of likely N-dealkylation sites (tertiary alicyclic amines) is 1. The van der Waals surface area contributed by atoms with Gasteiger partial charge in [-0.1, -0.05) is 18.0 Å². The van der Waals surface area contributed by atoms with Crippen molar-refractivity contribution in [2.75, 3.05) is 25.4 Å². The van der Waals surface area contributed by atoms with Crippen LogP contribution in [-0.2, 0) is 11.3 Å². The molecular formula is C16H20ClF3N2O3. The van der Waals surface area contributed by atoms with E-state index in [0.29, 0.717) is 0 Å². The van der Waals surface area contributed by atoms with Gasteiger partial charge in [-0.3, -0.25) is 4.90 Å². The number of nitrogen functional groups attached to an aromatic ring is 1. The number of halogens is 4. The molecule has 1 aliphatic heterocycles. The van der Waals surface area contributed by atoms with Gasteiger partial charge in [-0.2, -0.15) is 0 Å². The Morgan fingerprint density at radius 2 is 1.96 bits per heavy atom. The van der Waals surface area contributed by atoms with E-state index in [1.807, 2.05) is 4.90 Å². The third-order valence-electron chi connectivity index (χ3n) is 3.92. The van der Waals surface area contributed by atoms with E-state index in [4.69, 9.17) is 22.1 Å². The van der Waals surface area contributed by atoms with Gasteiger partial charge >= 0.3 is 12.3 Å². The molecule has 0 unspecified atom stereocenters. The van der Waals surface area contributed by atoms with Crippen LogP contribution in [0.2, 0.25) is 5.02 Å². The average molecular weight is 381 g/mol. The maximum atomic E-state index is 12.8. The molecule has 1 heterocycles. The van der Waals surface area contributed by atoms with E-state index in [0.717, 1.165) is 38.4 Å². The number of nitrogens with zero attached hydrogens (tertiary/aromatic N) is 1. The highest BCUT2D eigenvalue weighted by molar-refractivity contribution is 6.35. The molecule has 2 N–H and O–H groups in total. The fourth-order valence-electron chi connectivity index (χ4n) is 2.77. The highest BCUT2D eigenvalue weighted by Gasteiger charge is 2.34. The van der Waals surface area contributed by atoms with Crippen LogP contribution < -0.4 is 10.5 Å². The van der Waals surface area contributed by atoms with Crippen molar-refractivity contribution in [3.05, 3.63) is 22.2 Å². The smallest absolute Gasteiger partial charge is 0.462 e. The summed E-state index contributed by atoms with van der Waals surface area (Å²) in [6.07, 6.45) is -1.91. The Bertz CT molecular complexity index is 632. The molecule has 0 atom stereocenters. The number of rotatable bonds is 5. The number of anilines is 1. The quantitative estimate of drug-likeness (QED) is 0.618. The SMILES string of the molecule is CCOC(=O)c1cc(OC(F)(F)F)c(CN2CCCCC2)c(Cl)c1N. The lowest BCUT2D eigenvalue weighted by Gasteiger charge is -2.28. The zero-order valence-electron chi connectivity index (χ0n) is 13.8. The monoisotopic (exact) mass is 380 g/mol. The Balaban J connectivity index is 2.43. The number of hydrogen-bond acceptors (Lipinski definition) is 5. The molecular weight excluding hydrogens is 361 g/mol. The summed E-state index contributed by atoms with van der Waals surface area (Å²) in [6.45, 7) is 3.30. The minimum atomic E-state index is -4.91. The molecule has 0 aromatic heterocycles. The predicted molar refractivity (Wildman–Crippen MR) is 87.6 cm³/mol. The van der Waals surface area contributed by atoms with Gasteiger partial charge in [-0.15, -0.1) is 13.2 Å². The number of nitrogens with two attached hydrogens (primary N) is 1. The van der Waals surface area contributed by atoms with Crippen LogP contribution in [0, 0.1) is 0 Å². The van der Waals surface area contributed by atoms with Gasteiger partial charge in [0.05, 0.1) is 22.9 Å². The van der Waals surface area contributed by atoms with Crippen LogP contribution in [0.25, 0.3) is 0 Å². The zero-order valence-corrected chi connectivity index (χ0v) is 14.5. The van der Waals surface area contributed by atoms with Crippen molar-refractivity contribution in [3.63, 3.8) is 0 Å². The van der Waals surface area contributed by atoms with Crippen molar-refractivity contribution >= 4 is 23.3 Å². The van der Waals surface area contributed by atoms with Gasteiger partial charge in [-0.05, 0) is 38.9 Å². The van der Waals surface area contributed by atoms with Crippen LogP contribution in [0.3, 0.4) is 0 Å². The van der Waals surface area contributed by atoms with Crippen LogP contribution in [0.15, 0.2) is 6.07 Å². The summed E-state index contributed by atoms with van der Waals surface area (Å²) < 4.78 is 47.3. The van der Waals surface area contributed by atoms with E-state index in [-0.39, 0.29) is 35.0 Å². The molecule has 0 aliphatic carbocycles. The summed E-state index contributed by atoms with van der Waals surface area (Å²) in [5, 5.41) is -0.115. The van der Waals surface area contributed by atoms with E-state index in [1.165, 1.54) is 0 Å². The minimum Gasteiger partial charge on any atom is -0.462 e. The van der Waals surface area contributed by atoms with Crippen LogP contribution in [-0.4, -0.2) is 36.9 Å². The number of esters is 1. The van der Waals surface area contributed by atoms with Crippen molar-refractivity contribution in [1.82, 2.24) is 4.90 Å². The van der Waals surface area contributed by atoms with Crippen LogP contribution in [0.5, 0.6) is 5.75 Å². The molecule has 0 spiro atoms. The number of benzene rings is 1. The van der Waals surface area contributed by atoms with Gasteiger partial charge in [0.1, 0.15) is 5.75 Å². The third-order valence-corrected chi connectivity index (χ3v) is 4.35. The number of piperidine rings is 1. The highest BCUT2D eigenvalue weighted by Crippen LogP contribution is 2.38. The van der Waals surface area contributed by atoms with Crippen molar-refractivity contribution in [2.24, 2.45) is 0 Å². The molecule has 5 nitrogen and oxygen atoms in total. The highest BCUT2D eigenvalue weighted by atomic mass is 35.5. The van der Waals surface area contributed by atoms with E-state index in [2.05, 4.69) is 4.74 Å². The molecule has 9 heteroatoms. The molecule has 1 saturated heterocycles. The third kappa shape index (κ3) is 5.15. The van der Waals surface area contributed by atoms with Gasteiger partial charge in [0, 0.05) is 12.1 Å². The molecule has 2 rings (SSSR count). The van der Waals surface area contributed by atoms with Gasteiger partial charge in [-0.25, -0.2) is 4.79 Å². The maximum absolute atomic E-state index is 12.8. The largest absolute Gasteiger partial charge is 0.573 e. The molecule has 1 aromatic rings. The van der Waals surface area contributed by atoms with Crippen LogP contribution in [0.1, 0.15) is 42.1 Å². The Hall–Kier alpha value is -1.67. The van der Waals surface area contributed by atoms with Crippen LogP contribution >= 0.6 is 11.6 Å². The van der Waals surface area contributed by atoms with Crippen molar-refractivity contribution in [3.8, 4) is 5.75 Å². The van der Waals surface area contributed by atoms with E-state index >= 15 is 0 Å². The first-order valence-corrected chi connectivity index (χ1v) is 8.36. The Labute approximate surface area is 148 Å². The summed E-state index contributed by atoms with van der Waals surface area (Å²) in [5.74, 6) is -1.38. The number of hydrogen-bond donors (Lipinski definition) is 1. The maximum Gasteiger partial charge on any atom is 0.573 e. The Morgan fingerprint density at radius 1 is 1.32 bits per heavy atom. The Morgan fingerprint density at radius 3 is 2.52 bits per heavy atom. The summed E-state index contributed by atoms with van der Waals surface area (Å²) in [6, 6.07) is 0.950. The van der Waals surface area contributed by atoms with Gasteiger partial charge < -0.3 is 15.2 Å². The van der Waals surface area contributed by atoms with E-state index in [9.17, 15) is 18.0 Å². The van der Waals surface area contributed by atoms with E-state index < -0.39 is 18.1 Å². The summed E-state index contributed by atoms with van der Waals surface area (Å²) in [4.78, 5) is 13.9. The number of carbonyl (C=O) groups is 1. The second kappa shape index (κ2) is 8.14. The average Bonchev–Trinajstić information content (AvgIpc) is 2.54. The lowest BCUT2D eigenvalue weighted by molar-refractivity contribution is -0.275. The lowest BCUT2D eigenvalue weighted by atomic mass is 10.0. The van der Waals surface area contributed by atoms with Crippen LogP contribution in [0.4, 0.5) is 18.9 Å². The first-order valence-electron chi connectivity index (χ1n) is 7.99. The number of alkyl halides is 3. The van der Waals surface area contributed by atoms with Crippen molar-refractivity contribution < 1.29 is 27.4 Å². The van der Waals surface area contributed by atoms with Crippen molar-refractivity contribution in [1.29, 1.82) is 0 Å². The molecule has 0 radical (unpaired) electrons. The molecule has 140 valence electrons. The molecule has 1 fully saturated rings. The normalized spacial score (nSPS) is 15.9. The summed E-state index contributed by atoms with van der Waals surface area (Å²) in [5.41, 5.74) is 5.63. The van der Waals surface area contributed by atoms with Gasteiger partial charge in [0.15, 0.2) is 0 Å². The second-order valence-electron chi connectivity index (χ2n) is 5.73. The fourth-order valence-corrected chi connectivity index (χ4v) is 3.02. The fraction of sp³-hybridized carbons (Fsp3) is 0.562. The van der Waals surface area contributed by atoms with Gasteiger partial charge in [0.25, 0.3) is 0 Å². The molecule has 1 aliphatic rings. The first-order chi connectivity index (χ1) is 11.7. The molecule has 0 bridgehead atoms. The molecule has 0 saturated carbocycles. The molecule has 0 amide bonds. The van der Waals surface area contributed by atoms with E-state index in [1.54, 1.807) is 6.92 Å². The zero-order chi connectivity index (χ0) is 18.6. The van der Waals surface area contributed by atoms with Gasteiger partial charge in [0.2, 0.25) is 0 Å². The standard InChI is InChI=1S/C16H20ClF3N2O3/c1-2-24-15(23)10-8-12(25-16(18,19)20)11(13(17)14(10)21)9-22-6-4-3-5-7-22/h8H,2-7,9,21H2,1H3. The summed E-state index contributed by atoms with van der Waals surface area (Å²) >= 11 is 6.19. The Kier molecular flexibility index (Phi) is 6.40. The second-order valence-corrected chi connectivity index (χ2v) is 6.11. The molecule has 25 heavy (non-hydrogen) atoms. The topological polar surface area (TPSA) is 64.8 Å². The number of ether oxygens (including phenoxy) is 2. The van der Waals surface area contributed by atoms with Crippen molar-refractivity contribution in [2.45, 2.75) is 39.1 Å². The summed E-state index contributed by atoms with van der Waals surface area (Å²) in [7, 11) is 0. The molecule has 1 aromatic carbocycles. The predicted octanol–water partition coefficient (Wildman–Crippen LogP) is 3.98.